The number of ether oxygens (including phenoxy) is 4. The van der Waals surface area contributed by atoms with E-state index in [1.165, 1.54) is 14.2 Å². The number of hydrogen-bond donors (Lipinski definition) is 0. The van der Waals surface area contributed by atoms with Gasteiger partial charge in [-0.25, -0.2) is 0 Å². The van der Waals surface area contributed by atoms with Gasteiger partial charge in [0, 0.05) is 11.1 Å². The minimum Gasteiger partial charge on any atom is -0.493 e. The molecule has 2 aromatic carbocycles. The molecule has 0 heterocycles. The zero-order chi connectivity index (χ0) is 22.5. The quantitative estimate of drug-likeness (QED) is 0.474. The van der Waals surface area contributed by atoms with Crippen LogP contribution in [0.15, 0.2) is 35.4 Å². The molecule has 0 radical (unpaired) electrons. The number of Topliss-reactive ketones (excluding diaryl/α,β-unsaturated/α-hetero) is 1. The van der Waals surface area contributed by atoms with E-state index in [0.717, 1.165) is 17.5 Å². The Labute approximate surface area is 192 Å². The number of carbonyl (C=O) groups is 1. The number of rotatable bonds is 6. The molecular weight excluding hydrogens is 439 g/mol. The van der Waals surface area contributed by atoms with E-state index >= 15 is 0 Å². The van der Waals surface area contributed by atoms with Gasteiger partial charge in [-0.15, -0.1) is 0 Å². The van der Waals surface area contributed by atoms with E-state index in [0.29, 0.717) is 57.0 Å². The molecule has 0 N–H and O–H groups in total. The Morgan fingerprint density at radius 1 is 0.710 bits per heavy atom. The summed E-state index contributed by atoms with van der Waals surface area (Å²) < 4.78 is 21.3. The van der Waals surface area contributed by atoms with Crippen molar-refractivity contribution in [1.82, 2.24) is 0 Å². The van der Waals surface area contributed by atoms with Crippen LogP contribution in [-0.2, 0) is 4.79 Å². The van der Waals surface area contributed by atoms with E-state index in [1.54, 1.807) is 38.5 Å². The third-order valence-electron chi connectivity index (χ3n) is 5.07. The molecule has 0 unspecified atom stereocenters. The van der Waals surface area contributed by atoms with Crippen LogP contribution in [0, 0.1) is 0 Å². The molecule has 5 nitrogen and oxygen atoms in total. The molecule has 0 aromatic heterocycles. The smallest absolute Gasteiger partial charge is 0.185 e. The van der Waals surface area contributed by atoms with E-state index in [1.807, 2.05) is 12.2 Å². The first-order valence-corrected chi connectivity index (χ1v) is 10.5. The number of allylic oxidation sites excluding steroid dienone is 2. The summed E-state index contributed by atoms with van der Waals surface area (Å²) in [7, 11) is 6.16. The van der Waals surface area contributed by atoms with Crippen LogP contribution in [0.3, 0.4) is 0 Å². The summed E-state index contributed by atoms with van der Waals surface area (Å²) in [6.45, 7) is 0. The third kappa shape index (κ3) is 5.00. The molecular formula is C24H24Cl2O5. The van der Waals surface area contributed by atoms with Crippen molar-refractivity contribution >= 4 is 41.1 Å². The summed E-state index contributed by atoms with van der Waals surface area (Å²) in [4.78, 5) is 13.1. The lowest BCUT2D eigenvalue weighted by Gasteiger charge is -2.18. The number of hydrogen-bond acceptors (Lipinski definition) is 5. The van der Waals surface area contributed by atoms with Crippen LogP contribution in [0.2, 0.25) is 10.0 Å². The van der Waals surface area contributed by atoms with Gasteiger partial charge in [-0.05, 0) is 66.8 Å². The summed E-state index contributed by atoms with van der Waals surface area (Å²) in [5.74, 6) is 1.96. The average molecular weight is 463 g/mol. The Morgan fingerprint density at radius 2 is 1.13 bits per heavy atom. The van der Waals surface area contributed by atoms with Crippen LogP contribution in [0.5, 0.6) is 23.0 Å². The van der Waals surface area contributed by atoms with E-state index in [4.69, 9.17) is 42.1 Å². The molecule has 0 aliphatic heterocycles. The van der Waals surface area contributed by atoms with Crippen LogP contribution in [-0.4, -0.2) is 34.2 Å². The number of benzene rings is 2. The molecule has 2 aromatic rings. The first-order valence-electron chi connectivity index (χ1n) is 9.70. The van der Waals surface area contributed by atoms with Crippen molar-refractivity contribution in [2.75, 3.05) is 28.4 Å². The highest BCUT2D eigenvalue weighted by Gasteiger charge is 2.22. The highest BCUT2D eigenvalue weighted by atomic mass is 35.5. The molecule has 0 bridgehead atoms. The zero-order valence-electron chi connectivity index (χ0n) is 17.9. The summed E-state index contributed by atoms with van der Waals surface area (Å²) in [5.41, 5.74) is 2.99. The number of ketones is 1. The second-order valence-electron chi connectivity index (χ2n) is 7.00. The van der Waals surface area contributed by atoms with Gasteiger partial charge in [-0.2, -0.15) is 0 Å². The molecule has 7 heteroatoms. The van der Waals surface area contributed by atoms with Crippen molar-refractivity contribution in [3.63, 3.8) is 0 Å². The van der Waals surface area contributed by atoms with E-state index in [9.17, 15) is 4.79 Å². The van der Waals surface area contributed by atoms with Crippen molar-refractivity contribution in [3.05, 3.63) is 56.6 Å². The number of carbonyl (C=O) groups excluding carboxylic acids is 1. The van der Waals surface area contributed by atoms with Gasteiger partial charge < -0.3 is 18.9 Å². The van der Waals surface area contributed by atoms with Crippen molar-refractivity contribution in [2.45, 2.75) is 19.3 Å². The number of halogens is 2. The fourth-order valence-electron chi connectivity index (χ4n) is 3.62. The topological polar surface area (TPSA) is 54.0 Å². The lowest BCUT2D eigenvalue weighted by molar-refractivity contribution is -0.112. The molecule has 3 rings (SSSR count). The normalized spacial score (nSPS) is 16.5. The van der Waals surface area contributed by atoms with Gasteiger partial charge in [0.15, 0.2) is 28.8 Å². The lowest BCUT2D eigenvalue weighted by Crippen LogP contribution is -2.12. The first-order chi connectivity index (χ1) is 14.9. The first kappa shape index (κ1) is 23.0. The largest absolute Gasteiger partial charge is 0.493 e. The van der Waals surface area contributed by atoms with Gasteiger partial charge >= 0.3 is 0 Å². The second-order valence-corrected chi connectivity index (χ2v) is 7.81. The third-order valence-corrected chi connectivity index (χ3v) is 5.63. The SMILES string of the molecule is COc1cc(/C=C2\CCC/C(=C\c3cc(Cl)c(OC)c(OC)c3)C2=O)cc(Cl)c1OC. The Hall–Kier alpha value is -2.63. The van der Waals surface area contributed by atoms with E-state index < -0.39 is 0 Å². The minimum absolute atomic E-state index is 0.00284. The molecule has 1 aliphatic carbocycles. The Morgan fingerprint density at radius 3 is 1.48 bits per heavy atom. The van der Waals surface area contributed by atoms with Gasteiger partial charge in [0.1, 0.15) is 0 Å². The molecule has 0 amide bonds. The molecule has 0 atom stereocenters. The van der Waals surface area contributed by atoms with Crippen molar-refractivity contribution in [1.29, 1.82) is 0 Å². The van der Waals surface area contributed by atoms with Crippen LogP contribution in [0.1, 0.15) is 30.4 Å². The van der Waals surface area contributed by atoms with Crippen LogP contribution >= 0.6 is 23.2 Å². The number of methoxy groups -OCH3 is 4. The molecule has 1 saturated carbocycles. The summed E-state index contributed by atoms with van der Waals surface area (Å²) in [6, 6.07) is 7.12. The maximum atomic E-state index is 13.1. The predicted molar refractivity (Wildman–Crippen MR) is 124 cm³/mol. The van der Waals surface area contributed by atoms with Gasteiger partial charge in [0.05, 0.1) is 38.5 Å². The monoisotopic (exact) mass is 462 g/mol. The van der Waals surface area contributed by atoms with Crippen LogP contribution in [0.25, 0.3) is 12.2 Å². The van der Waals surface area contributed by atoms with Crippen LogP contribution in [0.4, 0.5) is 0 Å². The molecule has 0 spiro atoms. The average Bonchev–Trinajstić information content (AvgIpc) is 2.75. The summed E-state index contributed by atoms with van der Waals surface area (Å²) >= 11 is 12.6. The Bertz CT molecular complexity index is 975. The molecule has 164 valence electrons. The van der Waals surface area contributed by atoms with E-state index in [-0.39, 0.29) is 5.78 Å². The molecule has 1 aliphatic rings. The zero-order valence-corrected chi connectivity index (χ0v) is 19.4. The van der Waals surface area contributed by atoms with Crippen LogP contribution < -0.4 is 18.9 Å². The van der Waals surface area contributed by atoms with Gasteiger partial charge in [-0.1, -0.05) is 23.2 Å². The minimum atomic E-state index is 0.00284. The Balaban J connectivity index is 1.95. The summed E-state index contributed by atoms with van der Waals surface area (Å²) in [5, 5.41) is 0.848. The second kappa shape index (κ2) is 10.1. The van der Waals surface area contributed by atoms with Crippen molar-refractivity contribution < 1.29 is 23.7 Å². The van der Waals surface area contributed by atoms with Gasteiger partial charge in [-0.3, -0.25) is 4.79 Å². The van der Waals surface area contributed by atoms with Gasteiger partial charge in [0.25, 0.3) is 0 Å². The lowest BCUT2D eigenvalue weighted by atomic mass is 9.87. The highest BCUT2D eigenvalue weighted by Crippen LogP contribution is 2.39. The molecule has 1 fully saturated rings. The fourth-order valence-corrected chi connectivity index (χ4v) is 4.22. The van der Waals surface area contributed by atoms with Gasteiger partial charge in [0.2, 0.25) is 0 Å². The molecule has 31 heavy (non-hydrogen) atoms. The van der Waals surface area contributed by atoms with E-state index in [2.05, 4.69) is 0 Å². The summed E-state index contributed by atoms with van der Waals surface area (Å²) in [6.07, 6.45) is 5.95. The fraction of sp³-hybridized carbons (Fsp3) is 0.292. The predicted octanol–water partition coefficient (Wildman–Crippen LogP) is 6.25. The maximum Gasteiger partial charge on any atom is 0.185 e. The highest BCUT2D eigenvalue weighted by molar-refractivity contribution is 6.33. The Kier molecular flexibility index (Phi) is 7.52. The maximum absolute atomic E-state index is 13.1. The van der Waals surface area contributed by atoms with Crippen molar-refractivity contribution in [3.8, 4) is 23.0 Å². The standard InChI is InChI=1S/C24H24Cl2O5/c1-28-20-12-14(10-18(25)23(20)30-3)8-16-6-5-7-17(22(16)27)9-15-11-19(26)24(31-4)21(13-15)29-2/h8-13H,5-7H2,1-4H3/b16-8+,17-9+. The molecule has 0 saturated heterocycles. The van der Waals surface area contributed by atoms with Crippen molar-refractivity contribution in [2.24, 2.45) is 0 Å².